The van der Waals surface area contributed by atoms with Crippen LogP contribution in [0.25, 0.3) is 0 Å². The summed E-state index contributed by atoms with van der Waals surface area (Å²) in [4.78, 5) is 2.48. The second-order valence-corrected chi connectivity index (χ2v) is 6.25. The highest BCUT2D eigenvalue weighted by Gasteiger charge is 2.29. The minimum absolute atomic E-state index is 0.125. The molecule has 106 valence electrons. The standard InChI is InChI=1S/C16H26N2O/c1-12-6-7-15(19-5)14(10-12)18-11-16(3,4)17-9-8-13(18)2/h6-7,10,13,17H,8-9,11H2,1-5H3. The summed E-state index contributed by atoms with van der Waals surface area (Å²) >= 11 is 0. The molecule has 1 aromatic rings. The summed E-state index contributed by atoms with van der Waals surface area (Å²) in [5, 5.41) is 3.62. The average molecular weight is 262 g/mol. The van der Waals surface area contributed by atoms with Gasteiger partial charge in [-0.1, -0.05) is 6.07 Å². The van der Waals surface area contributed by atoms with Crippen LogP contribution in [0, 0.1) is 6.92 Å². The van der Waals surface area contributed by atoms with Crippen molar-refractivity contribution in [2.45, 2.75) is 45.7 Å². The predicted octanol–water partition coefficient (Wildman–Crippen LogP) is 2.97. The van der Waals surface area contributed by atoms with Crippen LogP contribution < -0.4 is 15.0 Å². The minimum atomic E-state index is 0.125. The van der Waals surface area contributed by atoms with E-state index < -0.39 is 0 Å². The molecule has 0 bridgehead atoms. The zero-order valence-electron chi connectivity index (χ0n) is 12.8. The quantitative estimate of drug-likeness (QED) is 0.887. The second kappa shape index (κ2) is 5.41. The number of anilines is 1. The van der Waals surface area contributed by atoms with Crippen molar-refractivity contribution >= 4 is 5.69 Å². The maximum absolute atomic E-state index is 5.55. The van der Waals surface area contributed by atoms with Crippen LogP contribution >= 0.6 is 0 Å². The van der Waals surface area contributed by atoms with E-state index in [4.69, 9.17) is 4.74 Å². The van der Waals surface area contributed by atoms with E-state index in [0.29, 0.717) is 6.04 Å². The molecule has 1 aliphatic rings. The van der Waals surface area contributed by atoms with Crippen LogP contribution in [0.3, 0.4) is 0 Å². The van der Waals surface area contributed by atoms with Gasteiger partial charge in [0.25, 0.3) is 0 Å². The summed E-state index contributed by atoms with van der Waals surface area (Å²) < 4.78 is 5.55. The van der Waals surface area contributed by atoms with Gasteiger partial charge in [0, 0.05) is 18.1 Å². The zero-order chi connectivity index (χ0) is 14.0. The molecule has 0 spiro atoms. The molecule has 1 aliphatic heterocycles. The number of aryl methyl sites for hydroxylation is 1. The van der Waals surface area contributed by atoms with Crippen molar-refractivity contribution in [2.75, 3.05) is 25.1 Å². The molecule has 19 heavy (non-hydrogen) atoms. The Hall–Kier alpha value is -1.22. The highest BCUT2D eigenvalue weighted by molar-refractivity contribution is 5.61. The summed E-state index contributed by atoms with van der Waals surface area (Å²) in [7, 11) is 1.75. The summed E-state index contributed by atoms with van der Waals surface area (Å²) in [6, 6.07) is 6.93. The van der Waals surface area contributed by atoms with Gasteiger partial charge < -0.3 is 15.0 Å². The van der Waals surface area contributed by atoms with E-state index >= 15 is 0 Å². The van der Waals surface area contributed by atoms with E-state index in [-0.39, 0.29) is 5.54 Å². The highest BCUT2D eigenvalue weighted by Crippen LogP contribution is 2.33. The number of ether oxygens (including phenoxy) is 1. The maximum Gasteiger partial charge on any atom is 0.142 e. The van der Waals surface area contributed by atoms with Crippen molar-refractivity contribution in [2.24, 2.45) is 0 Å². The number of nitrogens with zero attached hydrogens (tertiary/aromatic N) is 1. The van der Waals surface area contributed by atoms with Gasteiger partial charge in [0.1, 0.15) is 5.75 Å². The Labute approximate surface area is 116 Å². The third-order valence-electron chi connectivity index (χ3n) is 3.91. The first-order valence-electron chi connectivity index (χ1n) is 7.09. The molecule has 0 amide bonds. The summed E-state index contributed by atoms with van der Waals surface area (Å²) in [6.45, 7) is 11.0. The third kappa shape index (κ3) is 3.21. The van der Waals surface area contributed by atoms with Gasteiger partial charge >= 0.3 is 0 Å². The number of hydrogen-bond acceptors (Lipinski definition) is 3. The fraction of sp³-hybridized carbons (Fsp3) is 0.625. The van der Waals surface area contributed by atoms with E-state index in [0.717, 1.165) is 25.3 Å². The molecular weight excluding hydrogens is 236 g/mol. The number of nitrogens with one attached hydrogen (secondary N) is 1. The third-order valence-corrected chi connectivity index (χ3v) is 3.91. The van der Waals surface area contributed by atoms with E-state index in [9.17, 15) is 0 Å². The van der Waals surface area contributed by atoms with Gasteiger partial charge in [-0.15, -0.1) is 0 Å². The Balaban J connectivity index is 2.39. The Kier molecular flexibility index (Phi) is 4.04. The predicted molar refractivity (Wildman–Crippen MR) is 81.2 cm³/mol. The van der Waals surface area contributed by atoms with Crippen LogP contribution in [0.1, 0.15) is 32.8 Å². The van der Waals surface area contributed by atoms with Gasteiger partial charge in [-0.2, -0.15) is 0 Å². The van der Waals surface area contributed by atoms with Crippen LogP contribution in [0.5, 0.6) is 5.75 Å². The molecule has 0 radical (unpaired) electrons. The van der Waals surface area contributed by atoms with Crippen molar-refractivity contribution in [1.29, 1.82) is 0 Å². The van der Waals surface area contributed by atoms with Crippen LogP contribution in [0.4, 0.5) is 5.69 Å². The van der Waals surface area contributed by atoms with E-state index in [1.807, 2.05) is 0 Å². The van der Waals surface area contributed by atoms with Crippen LogP contribution in [0.2, 0.25) is 0 Å². The largest absolute Gasteiger partial charge is 0.495 e. The number of rotatable bonds is 2. The molecule has 3 heteroatoms. The fourth-order valence-corrected chi connectivity index (χ4v) is 2.76. The van der Waals surface area contributed by atoms with Crippen molar-refractivity contribution in [3.05, 3.63) is 23.8 Å². The monoisotopic (exact) mass is 262 g/mol. The molecule has 1 aromatic carbocycles. The summed E-state index contributed by atoms with van der Waals surface area (Å²) in [5.41, 5.74) is 2.62. The van der Waals surface area contributed by atoms with Gasteiger partial charge in [0.2, 0.25) is 0 Å². The molecular formula is C16H26N2O. The van der Waals surface area contributed by atoms with Gasteiger partial charge in [0.05, 0.1) is 12.8 Å². The van der Waals surface area contributed by atoms with E-state index in [1.54, 1.807) is 7.11 Å². The smallest absolute Gasteiger partial charge is 0.142 e. The highest BCUT2D eigenvalue weighted by atomic mass is 16.5. The topological polar surface area (TPSA) is 24.5 Å². The van der Waals surface area contributed by atoms with Gasteiger partial charge in [-0.25, -0.2) is 0 Å². The molecule has 1 atom stereocenters. The Bertz CT molecular complexity index is 442. The summed E-state index contributed by atoms with van der Waals surface area (Å²) in [6.07, 6.45) is 1.15. The Morgan fingerprint density at radius 1 is 1.37 bits per heavy atom. The first-order chi connectivity index (χ1) is 8.93. The fourth-order valence-electron chi connectivity index (χ4n) is 2.76. The molecule has 0 saturated carbocycles. The lowest BCUT2D eigenvalue weighted by atomic mass is 10.0. The van der Waals surface area contributed by atoms with Crippen molar-refractivity contribution in [3.63, 3.8) is 0 Å². The first kappa shape index (κ1) is 14.2. The molecule has 1 fully saturated rings. The van der Waals surface area contributed by atoms with Gasteiger partial charge in [-0.05, 0) is 58.4 Å². The van der Waals surface area contributed by atoms with Crippen LogP contribution in [-0.4, -0.2) is 31.8 Å². The molecule has 1 saturated heterocycles. The molecule has 1 unspecified atom stereocenters. The Morgan fingerprint density at radius 2 is 2.11 bits per heavy atom. The SMILES string of the molecule is COc1ccc(C)cc1N1CC(C)(C)NCCC1C. The lowest BCUT2D eigenvalue weighted by Crippen LogP contribution is -2.47. The second-order valence-electron chi connectivity index (χ2n) is 6.25. The normalized spacial score (nSPS) is 23.0. The molecule has 3 nitrogen and oxygen atoms in total. The average Bonchev–Trinajstić information content (AvgIpc) is 2.48. The molecule has 0 aromatic heterocycles. The summed E-state index contributed by atoms with van der Waals surface area (Å²) in [5.74, 6) is 0.968. The van der Waals surface area contributed by atoms with Gasteiger partial charge in [0.15, 0.2) is 0 Å². The first-order valence-corrected chi connectivity index (χ1v) is 7.09. The molecule has 0 aliphatic carbocycles. The molecule has 2 rings (SSSR count). The van der Waals surface area contributed by atoms with Gasteiger partial charge in [-0.3, -0.25) is 0 Å². The number of methoxy groups -OCH3 is 1. The van der Waals surface area contributed by atoms with Crippen molar-refractivity contribution in [1.82, 2.24) is 5.32 Å². The van der Waals surface area contributed by atoms with Crippen LogP contribution in [-0.2, 0) is 0 Å². The lowest BCUT2D eigenvalue weighted by molar-refractivity contribution is 0.402. The van der Waals surface area contributed by atoms with Crippen molar-refractivity contribution in [3.8, 4) is 5.75 Å². The van der Waals surface area contributed by atoms with Crippen molar-refractivity contribution < 1.29 is 4.74 Å². The Morgan fingerprint density at radius 3 is 2.79 bits per heavy atom. The van der Waals surface area contributed by atoms with Crippen LogP contribution in [0.15, 0.2) is 18.2 Å². The maximum atomic E-state index is 5.55. The number of hydrogen-bond donors (Lipinski definition) is 1. The zero-order valence-corrected chi connectivity index (χ0v) is 12.8. The number of benzene rings is 1. The van der Waals surface area contributed by atoms with E-state index in [2.05, 4.69) is 56.1 Å². The molecule has 1 heterocycles. The lowest BCUT2D eigenvalue weighted by Gasteiger charge is -2.35. The minimum Gasteiger partial charge on any atom is -0.495 e. The molecule has 1 N–H and O–H groups in total. The van der Waals surface area contributed by atoms with E-state index in [1.165, 1.54) is 11.3 Å².